The number of likely N-dealkylation sites (N-methyl/N-ethyl adjacent to an activating group) is 2. The van der Waals surface area contributed by atoms with Crippen LogP contribution in [0.25, 0.3) is 12.2 Å². The predicted octanol–water partition coefficient (Wildman–Crippen LogP) is 4.76. The van der Waals surface area contributed by atoms with Gasteiger partial charge in [-0.25, -0.2) is 0 Å². The van der Waals surface area contributed by atoms with Crippen molar-refractivity contribution >= 4 is 130 Å². The molecule has 0 radical (unpaired) electrons. The predicted molar refractivity (Wildman–Crippen MR) is 222 cm³/mol. The van der Waals surface area contributed by atoms with Gasteiger partial charge in [0.15, 0.2) is 0 Å². The van der Waals surface area contributed by atoms with Gasteiger partial charge in [0.05, 0.1) is 13.2 Å². The standard InChI is InChI=1S/C38H40N12O2.2Na.2H/c1-49(23-25-51)37-45-33(39-29-9-5-3-6-10-29)43-35(47-37)41-31-19-15-27(16-20-31)13-14-28-17-21-32(22-18-28)42-36-44-34(40-30-11-7-4-8-12-30)46-38(48-36)50(2)24-26-52;;;;/h3-22,51-52H,23-26H2,1-2H3,(H2,39,41,43,45,47)(H2,40,42,44,46,48);;;;. The third-order valence-electron chi connectivity index (χ3n) is 7.66. The summed E-state index contributed by atoms with van der Waals surface area (Å²) in [5, 5.41) is 31.8. The first-order valence-electron chi connectivity index (χ1n) is 16.7. The van der Waals surface area contributed by atoms with Gasteiger partial charge in [-0.15, -0.1) is 0 Å². The van der Waals surface area contributed by atoms with Gasteiger partial charge >= 0.3 is 59.1 Å². The summed E-state index contributed by atoms with van der Waals surface area (Å²) >= 11 is 0. The Morgan fingerprint density at radius 1 is 0.444 bits per heavy atom. The summed E-state index contributed by atoms with van der Waals surface area (Å²) in [6.07, 6.45) is 4.07. The monoisotopic (exact) mass is 744 g/mol. The molecule has 268 valence electrons. The summed E-state index contributed by atoms with van der Waals surface area (Å²) in [5.41, 5.74) is 5.35. The molecular weight excluding hydrogens is 702 g/mol. The van der Waals surface area contributed by atoms with Crippen LogP contribution < -0.4 is 31.1 Å². The van der Waals surface area contributed by atoms with Crippen LogP contribution in [0, 0.1) is 0 Å². The van der Waals surface area contributed by atoms with Crippen molar-refractivity contribution in [3.05, 3.63) is 120 Å². The Morgan fingerprint density at radius 3 is 1.04 bits per heavy atom. The summed E-state index contributed by atoms with van der Waals surface area (Å²) in [4.78, 5) is 30.8. The molecule has 0 aliphatic carbocycles. The topological polar surface area (TPSA) is 172 Å². The Hall–Kier alpha value is -4.64. The minimum atomic E-state index is -0.0251. The van der Waals surface area contributed by atoms with Crippen LogP contribution in [-0.4, -0.2) is 140 Å². The average molecular weight is 745 g/mol. The molecule has 0 saturated heterocycles. The number of aliphatic hydroxyl groups is 2. The number of para-hydroxylation sites is 2. The van der Waals surface area contributed by atoms with Crippen molar-refractivity contribution < 1.29 is 10.2 Å². The second-order valence-electron chi connectivity index (χ2n) is 11.7. The summed E-state index contributed by atoms with van der Waals surface area (Å²) in [5.74, 6) is 2.38. The Kier molecular flexibility index (Phi) is 16.6. The molecule has 54 heavy (non-hydrogen) atoms. The number of nitrogens with one attached hydrogen (secondary N) is 4. The first kappa shape index (κ1) is 42.1. The first-order valence-corrected chi connectivity index (χ1v) is 16.7. The molecule has 0 amide bonds. The number of benzene rings is 4. The van der Waals surface area contributed by atoms with Crippen LogP contribution in [-0.2, 0) is 0 Å². The van der Waals surface area contributed by atoms with Crippen LogP contribution in [0.2, 0.25) is 0 Å². The molecule has 14 nitrogen and oxygen atoms in total. The summed E-state index contributed by atoms with van der Waals surface area (Å²) in [7, 11) is 3.64. The molecule has 0 fully saturated rings. The summed E-state index contributed by atoms with van der Waals surface area (Å²) in [6, 6.07) is 35.2. The average Bonchev–Trinajstić information content (AvgIpc) is 3.16. The van der Waals surface area contributed by atoms with Crippen molar-refractivity contribution in [2.75, 3.05) is 71.5 Å². The number of aromatic nitrogens is 6. The maximum atomic E-state index is 9.43. The molecule has 0 saturated carbocycles. The van der Waals surface area contributed by atoms with Crippen LogP contribution >= 0.6 is 0 Å². The fourth-order valence-electron chi connectivity index (χ4n) is 4.90. The molecule has 6 rings (SSSR count). The zero-order chi connectivity index (χ0) is 36.1. The number of aliphatic hydroxyl groups excluding tert-OH is 2. The van der Waals surface area contributed by atoms with E-state index >= 15 is 0 Å². The number of rotatable bonds is 16. The van der Waals surface area contributed by atoms with Crippen molar-refractivity contribution in [1.29, 1.82) is 0 Å². The van der Waals surface area contributed by atoms with E-state index in [4.69, 9.17) is 0 Å². The third kappa shape index (κ3) is 12.5. The second-order valence-corrected chi connectivity index (χ2v) is 11.7. The van der Waals surface area contributed by atoms with Crippen LogP contribution in [0.1, 0.15) is 11.1 Å². The van der Waals surface area contributed by atoms with E-state index in [9.17, 15) is 10.2 Å². The number of hydrogen-bond donors (Lipinski definition) is 6. The van der Waals surface area contributed by atoms with Gasteiger partial charge in [-0.05, 0) is 59.7 Å². The number of nitrogens with zero attached hydrogens (tertiary/aromatic N) is 8. The Morgan fingerprint density at radius 2 is 0.741 bits per heavy atom. The van der Waals surface area contributed by atoms with Crippen molar-refractivity contribution in [2.24, 2.45) is 0 Å². The molecule has 6 N–H and O–H groups in total. The molecule has 0 bridgehead atoms. The van der Waals surface area contributed by atoms with Gasteiger partial charge in [0.25, 0.3) is 0 Å². The maximum absolute atomic E-state index is 9.43. The van der Waals surface area contributed by atoms with Gasteiger partial charge in [0.2, 0.25) is 35.7 Å². The van der Waals surface area contributed by atoms with Crippen molar-refractivity contribution in [1.82, 2.24) is 29.9 Å². The van der Waals surface area contributed by atoms with E-state index in [1.165, 1.54) is 0 Å². The van der Waals surface area contributed by atoms with E-state index in [-0.39, 0.29) is 72.3 Å². The molecule has 16 heteroatoms. The molecule has 0 spiro atoms. The van der Waals surface area contributed by atoms with Gasteiger partial charge in [-0.3, -0.25) is 0 Å². The van der Waals surface area contributed by atoms with Gasteiger partial charge in [0.1, 0.15) is 0 Å². The Bertz CT molecular complexity index is 1910. The molecule has 0 atom stereocenters. The van der Waals surface area contributed by atoms with Crippen LogP contribution in [0.3, 0.4) is 0 Å². The van der Waals surface area contributed by atoms with Gasteiger partial charge in [0, 0.05) is 49.9 Å². The molecule has 0 unspecified atom stereocenters. The van der Waals surface area contributed by atoms with E-state index < -0.39 is 0 Å². The first-order chi connectivity index (χ1) is 25.4. The molecule has 2 aromatic heterocycles. The van der Waals surface area contributed by atoms with E-state index in [1.807, 2.05) is 135 Å². The van der Waals surface area contributed by atoms with Gasteiger partial charge in [-0.1, -0.05) is 72.8 Å². The van der Waals surface area contributed by atoms with Gasteiger partial charge in [-0.2, -0.15) is 29.9 Å². The van der Waals surface area contributed by atoms with E-state index in [0.29, 0.717) is 48.8 Å². The van der Waals surface area contributed by atoms with Gasteiger partial charge < -0.3 is 41.3 Å². The minimum absolute atomic E-state index is 0. The quantitative estimate of drug-likeness (QED) is 0.0592. The van der Waals surface area contributed by atoms with Crippen molar-refractivity contribution in [3.8, 4) is 0 Å². The van der Waals surface area contributed by atoms with Crippen LogP contribution in [0.4, 0.5) is 58.4 Å². The molecular formula is C38H42N12Na2O2. The Labute approximate surface area is 358 Å². The Balaban J connectivity index is 0.00000325. The fraction of sp³-hybridized carbons (Fsp3) is 0.158. The zero-order valence-corrected chi connectivity index (χ0v) is 28.8. The van der Waals surface area contributed by atoms with Crippen molar-refractivity contribution in [2.45, 2.75) is 0 Å². The molecule has 6 aromatic rings. The summed E-state index contributed by atoms with van der Waals surface area (Å²) in [6.45, 7) is 0.712. The molecule has 2 heterocycles. The van der Waals surface area contributed by atoms with E-state index in [2.05, 4.69) is 51.2 Å². The zero-order valence-electron chi connectivity index (χ0n) is 28.8. The van der Waals surface area contributed by atoms with Crippen LogP contribution in [0.5, 0.6) is 0 Å². The van der Waals surface area contributed by atoms with E-state index in [0.717, 1.165) is 33.9 Å². The normalized spacial score (nSPS) is 10.5. The summed E-state index contributed by atoms with van der Waals surface area (Å²) < 4.78 is 0. The molecule has 0 aliphatic rings. The fourth-order valence-corrected chi connectivity index (χ4v) is 4.90. The van der Waals surface area contributed by atoms with E-state index in [1.54, 1.807) is 9.80 Å². The second kappa shape index (κ2) is 21.3. The van der Waals surface area contributed by atoms with Crippen LogP contribution in [0.15, 0.2) is 109 Å². The number of hydrogen-bond acceptors (Lipinski definition) is 14. The number of anilines is 10. The van der Waals surface area contributed by atoms with Crippen molar-refractivity contribution in [3.63, 3.8) is 0 Å². The molecule has 0 aliphatic heterocycles. The third-order valence-corrected chi connectivity index (χ3v) is 7.66. The molecule has 4 aromatic carbocycles. The SMILES string of the molecule is CN(CCO)c1nc(Nc2ccccc2)nc(Nc2ccc(C=Cc3ccc(Nc4nc(Nc5ccccc5)nc(N(C)CCO)n4)cc3)cc2)n1.[NaH].[NaH].